The van der Waals surface area contributed by atoms with Gasteiger partial charge in [-0.05, 0) is 38.1 Å². The van der Waals surface area contributed by atoms with Crippen molar-refractivity contribution in [3.8, 4) is 0 Å². The third-order valence-electron chi connectivity index (χ3n) is 3.53. The minimum atomic E-state index is -3.50. The number of benzene rings is 1. The Morgan fingerprint density at radius 2 is 2.00 bits per heavy atom. The van der Waals surface area contributed by atoms with Crippen LogP contribution < -0.4 is 15.4 Å². The van der Waals surface area contributed by atoms with Crippen LogP contribution in [0.5, 0.6) is 0 Å². The molecule has 0 saturated heterocycles. The second-order valence-corrected chi connectivity index (χ2v) is 6.84. The van der Waals surface area contributed by atoms with Gasteiger partial charge in [-0.1, -0.05) is 20.3 Å². The highest BCUT2D eigenvalue weighted by Crippen LogP contribution is 2.25. The van der Waals surface area contributed by atoms with Crippen molar-refractivity contribution in [2.75, 3.05) is 30.8 Å². The molecular weight excluding hydrogens is 274 g/mol. The highest BCUT2D eigenvalue weighted by Gasteiger charge is 2.17. The standard InChI is InChI=1S/C14H25N3O2S/c1-5-11(3)10-17(6-2)12-7-8-14(13(15)9-12)20(18,19)16-4/h7-9,11,16H,5-6,10,15H2,1-4H3. The van der Waals surface area contributed by atoms with E-state index in [0.29, 0.717) is 5.92 Å². The van der Waals surface area contributed by atoms with Crippen LogP contribution in [0.15, 0.2) is 23.1 Å². The molecule has 3 N–H and O–H groups in total. The first kappa shape index (κ1) is 16.8. The molecule has 0 spiro atoms. The summed E-state index contributed by atoms with van der Waals surface area (Å²) in [7, 11) is -2.12. The van der Waals surface area contributed by atoms with Gasteiger partial charge >= 0.3 is 0 Å². The molecule has 20 heavy (non-hydrogen) atoms. The summed E-state index contributed by atoms with van der Waals surface area (Å²) in [6, 6.07) is 5.11. The third-order valence-corrected chi connectivity index (χ3v) is 5.02. The molecule has 5 nitrogen and oxygen atoms in total. The average Bonchev–Trinajstić information content (AvgIpc) is 2.43. The van der Waals surface area contributed by atoms with E-state index in [-0.39, 0.29) is 10.6 Å². The molecule has 1 aromatic carbocycles. The van der Waals surface area contributed by atoms with Crippen LogP contribution in [-0.2, 0) is 10.0 Å². The molecule has 0 heterocycles. The number of rotatable bonds is 7. The molecule has 1 unspecified atom stereocenters. The van der Waals surface area contributed by atoms with Crippen LogP contribution in [0.25, 0.3) is 0 Å². The van der Waals surface area contributed by atoms with Crippen LogP contribution >= 0.6 is 0 Å². The Bertz CT molecular complexity index is 543. The molecule has 1 aromatic rings. The van der Waals surface area contributed by atoms with E-state index in [2.05, 4.69) is 30.4 Å². The maximum atomic E-state index is 11.8. The predicted molar refractivity (Wildman–Crippen MR) is 84.4 cm³/mol. The third kappa shape index (κ3) is 3.86. The van der Waals surface area contributed by atoms with Crippen molar-refractivity contribution < 1.29 is 8.42 Å². The fourth-order valence-electron chi connectivity index (χ4n) is 2.01. The number of nitrogens with two attached hydrogens (primary N) is 1. The number of hydrogen-bond donors (Lipinski definition) is 2. The molecule has 0 bridgehead atoms. The summed E-state index contributed by atoms with van der Waals surface area (Å²) in [6.45, 7) is 8.24. The largest absolute Gasteiger partial charge is 0.398 e. The molecule has 0 aliphatic carbocycles. The number of sulfonamides is 1. The number of nitrogen functional groups attached to an aromatic ring is 1. The molecule has 0 radical (unpaired) electrons. The lowest BCUT2D eigenvalue weighted by molar-refractivity contribution is 0.548. The summed E-state index contributed by atoms with van der Waals surface area (Å²) in [6.07, 6.45) is 1.11. The van der Waals surface area contributed by atoms with Crippen LogP contribution in [-0.4, -0.2) is 28.6 Å². The van der Waals surface area contributed by atoms with Crippen molar-refractivity contribution in [1.29, 1.82) is 0 Å². The van der Waals surface area contributed by atoms with E-state index >= 15 is 0 Å². The van der Waals surface area contributed by atoms with E-state index in [1.165, 1.54) is 7.05 Å². The minimum absolute atomic E-state index is 0.128. The number of nitrogens with zero attached hydrogens (tertiary/aromatic N) is 1. The van der Waals surface area contributed by atoms with Gasteiger partial charge in [0.1, 0.15) is 4.90 Å². The molecule has 0 fully saturated rings. The van der Waals surface area contributed by atoms with Crippen LogP contribution in [0.2, 0.25) is 0 Å². The van der Waals surface area contributed by atoms with Crippen LogP contribution in [0.3, 0.4) is 0 Å². The second-order valence-electron chi connectivity index (χ2n) is 4.98. The van der Waals surface area contributed by atoms with Gasteiger partial charge in [-0.2, -0.15) is 0 Å². The number of hydrogen-bond acceptors (Lipinski definition) is 4. The Balaban J connectivity index is 3.07. The maximum absolute atomic E-state index is 11.8. The first-order valence-corrected chi connectivity index (χ1v) is 8.42. The van der Waals surface area contributed by atoms with Gasteiger partial charge in [-0.25, -0.2) is 13.1 Å². The molecule has 6 heteroatoms. The Labute approximate surface area is 122 Å². The fourth-order valence-corrected chi connectivity index (χ4v) is 2.85. The van der Waals surface area contributed by atoms with Crippen molar-refractivity contribution in [2.45, 2.75) is 32.1 Å². The number of nitrogens with one attached hydrogen (secondary N) is 1. The van der Waals surface area contributed by atoms with Gasteiger partial charge in [0.05, 0.1) is 5.69 Å². The van der Waals surface area contributed by atoms with Gasteiger partial charge < -0.3 is 10.6 Å². The molecule has 1 rings (SSSR count). The average molecular weight is 299 g/mol. The molecule has 114 valence electrons. The van der Waals surface area contributed by atoms with E-state index in [4.69, 9.17) is 5.73 Å². The minimum Gasteiger partial charge on any atom is -0.398 e. The van der Waals surface area contributed by atoms with Crippen molar-refractivity contribution in [3.63, 3.8) is 0 Å². The van der Waals surface area contributed by atoms with Gasteiger partial charge in [-0.15, -0.1) is 0 Å². The molecule has 0 amide bonds. The smallest absolute Gasteiger partial charge is 0.242 e. The van der Waals surface area contributed by atoms with Crippen molar-refractivity contribution >= 4 is 21.4 Å². The van der Waals surface area contributed by atoms with Gasteiger partial charge in [0.2, 0.25) is 10.0 Å². The zero-order chi connectivity index (χ0) is 15.3. The number of anilines is 2. The quantitative estimate of drug-likeness (QED) is 0.756. The summed E-state index contributed by atoms with van der Waals surface area (Å²) >= 11 is 0. The zero-order valence-corrected chi connectivity index (χ0v) is 13.5. The molecule has 0 aliphatic heterocycles. The molecule has 0 saturated carbocycles. The molecule has 0 aromatic heterocycles. The Kier molecular flexibility index (Phi) is 5.83. The highest BCUT2D eigenvalue weighted by molar-refractivity contribution is 7.89. The summed E-state index contributed by atoms with van der Waals surface area (Å²) < 4.78 is 25.9. The monoisotopic (exact) mass is 299 g/mol. The second kappa shape index (κ2) is 6.95. The Morgan fingerprint density at radius 3 is 2.45 bits per heavy atom. The van der Waals surface area contributed by atoms with Gasteiger partial charge in [0, 0.05) is 18.8 Å². The normalized spacial score (nSPS) is 13.2. The molecule has 1 atom stereocenters. The van der Waals surface area contributed by atoms with Crippen LogP contribution in [0.4, 0.5) is 11.4 Å². The summed E-state index contributed by atoms with van der Waals surface area (Å²) in [5, 5.41) is 0. The van der Waals surface area contributed by atoms with E-state index < -0.39 is 10.0 Å². The fraction of sp³-hybridized carbons (Fsp3) is 0.571. The topological polar surface area (TPSA) is 75.4 Å². The Morgan fingerprint density at radius 1 is 1.35 bits per heavy atom. The Hall–Kier alpha value is -1.27. The van der Waals surface area contributed by atoms with E-state index in [0.717, 1.165) is 25.2 Å². The van der Waals surface area contributed by atoms with Crippen LogP contribution in [0.1, 0.15) is 27.2 Å². The molecular formula is C14H25N3O2S. The lowest BCUT2D eigenvalue weighted by atomic mass is 10.1. The van der Waals surface area contributed by atoms with E-state index in [1.807, 2.05) is 6.07 Å². The summed E-state index contributed by atoms with van der Waals surface area (Å²) in [5.41, 5.74) is 7.13. The summed E-state index contributed by atoms with van der Waals surface area (Å²) in [5.74, 6) is 0.580. The SMILES string of the molecule is CCC(C)CN(CC)c1ccc(S(=O)(=O)NC)c(N)c1. The zero-order valence-electron chi connectivity index (χ0n) is 12.7. The lowest BCUT2D eigenvalue weighted by Gasteiger charge is -2.26. The molecule has 0 aliphatic rings. The maximum Gasteiger partial charge on any atom is 0.242 e. The highest BCUT2D eigenvalue weighted by atomic mass is 32.2. The first-order chi connectivity index (χ1) is 9.35. The van der Waals surface area contributed by atoms with Crippen molar-refractivity contribution in [2.24, 2.45) is 5.92 Å². The predicted octanol–water partition coefficient (Wildman–Crippen LogP) is 2.05. The van der Waals surface area contributed by atoms with E-state index in [9.17, 15) is 8.42 Å². The van der Waals surface area contributed by atoms with Crippen molar-refractivity contribution in [1.82, 2.24) is 4.72 Å². The van der Waals surface area contributed by atoms with Gasteiger partial charge in [0.25, 0.3) is 0 Å². The van der Waals surface area contributed by atoms with Gasteiger partial charge in [-0.3, -0.25) is 0 Å². The summed E-state index contributed by atoms with van der Waals surface area (Å²) in [4.78, 5) is 2.34. The lowest BCUT2D eigenvalue weighted by Crippen LogP contribution is -2.28. The van der Waals surface area contributed by atoms with E-state index in [1.54, 1.807) is 12.1 Å². The van der Waals surface area contributed by atoms with Gasteiger partial charge in [0.15, 0.2) is 0 Å². The first-order valence-electron chi connectivity index (χ1n) is 6.93. The van der Waals surface area contributed by atoms with Crippen LogP contribution in [0, 0.1) is 5.92 Å². The van der Waals surface area contributed by atoms with Crippen molar-refractivity contribution in [3.05, 3.63) is 18.2 Å².